The second kappa shape index (κ2) is 4.68. The summed E-state index contributed by atoms with van der Waals surface area (Å²) in [6.45, 7) is 3.85. The van der Waals surface area contributed by atoms with E-state index in [-0.39, 0.29) is 0 Å². The van der Waals surface area contributed by atoms with Crippen molar-refractivity contribution >= 4 is 11.8 Å². The van der Waals surface area contributed by atoms with Gasteiger partial charge in [0.05, 0.1) is 14.2 Å². The van der Waals surface area contributed by atoms with E-state index in [1.807, 2.05) is 26.0 Å². The molecule has 0 spiro atoms. The van der Waals surface area contributed by atoms with Gasteiger partial charge in [0, 0.05) is 5.69 Å². The molecule has 0 atom stereocenters. The Kier molecular flexibility index (Phi) is 3.55. The van der Waals surface area contributed by atoms with Gasteiger partial charge in [0.2, 0.25) is 0 Å². The van der Waals surface area contributed by atoms with Gasteiger partial charge in [-0.15, -0.1) is 0 Å². The molecule has 0 bridgehead atoms. The number of rotatable bonds is 2. The van der Waals surface area contributed by atoms with Crippen LogP contribution < -0.4 is 10.1 Å². The number of benzene rings is 1. The fraction of sp³-hybridized carbons (Fsp3) is 0.364. The molecule has 1 aromatic carbocycles. The molecule has 1 amide bonds. The third-order valence-corrected chi connectivity index (χ3v) is 2.10. The summed E-state index contributed by atoms with van der Waals surface area (Å²) in [5.74, 6) is 0.838. The normalized spacial score (nSPS) is 9.60. The Morgan fingerprint density at radius 2 is 1.73 bits per heavy atom. The second-order valence-electron chi connectivity index (χ2n) is 3.26. The Labute approximate surface area is 89.2 Å². The lowest BCUT2D eigenvalue weighted by atomic mass is 10.1. The lowest BCUT2D eigenvalue weighted by Gasteiger charge is -2.11. The largest absolute Gasteiger partial charge is 0.496 e. The van der Waals surface area contributed by atoms with E-state index in [9.17, 15) is 4.79 Å². The Morgan fingerprint density at radius 1 is 1.20 bits per heavy atom. The first kappa shape index (κ1) is 11.4. The number of hydrogen-bond donors (Lipinski definition) is 1. The van der Waals surface area contributed by atoms with Crippen LogP contribution in [0.5, 0.6) is 5.75 Å². The van der Waals surface area contributed by atoms with Crippen LogP contribution in [-0.4, -0.2) is 20.3 Å². The van der Waals surface area contributed by atoms with Crippen molar-refractivity contribution < 1.29 is 14.3 Å². The molecule has 1 rings (SSSR count). The average molecular weight is 209 g/mol. The number of aryl methyl sites for hydroxylation is 2. The molecule has 4 nitrogen and oxygen atoms in total. The van der Waals surface area contributed by atoms with E-state index in [2.05, 4.69) is 10.1 Å². The number of hydrogen-bond acceptors (Lipinski definition) is 3. The first-order valence-electron chi connectivity index (χ1n) is 4.58. The van der Waals surface area contributed by atoms with Gasteiger partial charge < -0.3 is 9.47 Å². The number of amides is 1. The van der Waals surface area contributed by atoms with Crippen LogP contribution in [-0.2, 0) is 4.74 Å². The molecule has 1 N–H and O–H groups in total. The standard InChI is InChI=1S/C11H15NO3/c1-7-5-9(12-11(13)15-4)6-8(2)10(7)14-3/h5-6H,1-4H3,(H,12,13). The van der Waals surface area contributed by atoms with E-state index >= 15 is 0 Å². The molecule has 0 aliphatic rings. The molecule has 1 aromatic rings. The molecule has 15 heavy (non-hydrogen) atoms. The van der Waals surface area contributed by atoms with E-state index < -0.39 is 6.09 Å². The van der Waals surface area contributed by atoms with Crippen LogP contribution in [0.25, 0.3) is 0 Å². The minimum atomic E-state index is -0.473. The lowest BCUT2D eigenvalue weighted by molar-refractivity contribution is 0.187. The first-order valence-corrected chi connectivity index (χ1v) is 4.58. The van der Waals surface area contributed by atoms with Crippen LogP contribution in [0.4, 0.5) is 10.5 Å². The van der Waals surface area contributed by atoms with Gasteiger partial charge >= 0.3 is 6.09 Å². The summed E-state index contributed by atoms with van der Waals surface area (Å²) in [6.07, 6.45) is -0.473. The molecule has 0 fully saturated rings. The summed E-state index contributed by atoms with van der Waals surface area (Å²) in [7, 11) is 2.96. The van der Waals surface area contributed by atoms with Crippen molar-refractivity contribution in [3.05, 3.63) is 23.3 Å². The quantitative estimate of drug-likeness (QED) is 0.814. The zero-order chi connectivity index (χ0) is 11.4. The first-order chi connectivity index (χ1) is 7.08. The van der Waals surface area contributed by atoms with Crippen molar-refractivity contribution in [2.24, 2.45) is 0 Å². The second-order valence-corrected chi connectivity index (χ2v) is 3.26. The zero-order valence-electron chi connectivity index (χ0n) is 9.38. The van der Waals surface area contributed by atoms with Crippen molar-refractivity contribution in [2.75, 3.05) is 19.5 Å². The highest BCUT2D eigenvalue weighted by Gasteiger charge is 2.07. The molecular formula is C11H15NO3. The van der Waals surface area contributed by atoms with Crippen molar-refractivity contribution in [1.29, 1.82) is 0 Å². The maximum absolute atomic E-state index is 11.0. The van der Waals surface area contributed by atoms with Crippen LogP contribution >= 0.6 is 0 Å². The number of nitrogens with one attached hydrogen (secondary N) is 1. The van der Waals surface area contributed by atoms with E-state index in [0.717, 1.165) is 16.9 Å². The molecule has 0 aromatic heterocycles. The van der Waals surface area contributed by atoms with Gasteiger partial charge in [0.25, 0.3) is 0 Å². The highest BCUT2D eigenvalue weighted by Crippen LogP contribution is 2.26. The lowest BCUT2D eigenvalue weighted by Crippen LogP contribution is -2.11. The maximum atomic E-state index is 11.0. The Balaban J connectivity index is 2.98. The summed E-state index contributed by atoms with van der Waals surface area (Å²) in [6, 6.07) is 3.67. The Hall–Kier alpha value is -1.71. The molecule has 82 valence electrons. The number of methoxy groups -OCH3 is 2. The van der Waals surface area contributed by atoms with Gasteiger partial charge in [-0.1, -0.05) is 0 Å². The summed E-state index contributed by atoms with van der Waals surface area (Å²) < 4.78 is 9.73. The van der Waals surface area contributed by atoms with Crippen LogP contribution in [0, 0.1) is 13.8 Å². The molecule has 0 radical (unpaired) electrons. The van der Waals surface area contributed by atoms with Crippen molar-refractivity contribution in [2.45, 2.75) is 13.8 Å². The fourth-order valence-electron chi connectivity index (χ4n) is 1.51. The van der Waals surface area contributed by atoms with Gasteiger partial charge in [-0.05, 0) is 37.1 Å². The Bertz CT molecular complexity index is 351. The zero-order valence-corrected chi connectivity index (χ0v) is 9.38. The molecule has 0 saturated carbocycles. The highest BCUT2D eigenvalue weighted by molar-refractivity contribution is 5.85. The molecule has 0 heterocycles. The molecule has 0 saturated heterocycles. The topological polar surface area (TPSA) is 47.6 Å². The van der Waals surface area contributed by atoms with Gasteiger partial charge in [-0.3, -0.25) is 5.32 Å². The summed E-state index contributed by atoms with van der Waals surface area (Å²) in [4.78, 5) is 11.0. The van der Waals surface area contributed by atoms with Gasteiger partial charge in [-0.25, -0.2) is 4.79 Å². The van der Waals surface area contributed by atoms with E-state index in [0.29, 0.717) is 5.69 Å². The summed E-state index contributed by atoms with van der Waals surface area (Å²) >= 11 is 0. The molecular weight excluding hydrogens is 194 g/mol. The third-order valence-electron chi connectivity index (χ3n) is 2.10. The SMILES string of the molecule is COC(=O)Nc1cc(C)c(OC)c(C)c1. The van der Waals surface area contributed by atoms with Crippen molar-refractivity contribution in [3.63, 3.8) is 0 Å². The minimum absolute atomic E-state index is 0.473. The smallest absolute Gasteiger partial charge is 0.411 e. The number of carbonyl (C=O) groups is 1. The van der Waals surface area contributed by atoms with Crippen molar-refractivity contribution in [1.82, 2.24) is 0 Å². The maximum Gasteiger partial charge on any atom is 0.411 e. The molecule has 0 unspecified atom stereocenters. The number of ether oxygens (including phenoxy) is 2. The number of anilines is 1. The summed E-state index contributed by atoms with van der Waals surface area (Å²) in [5.41, 5.74) is 2.66. The Morgan fingerprint density at radius 3 is 2.13 bits per heavy atom. The van der Waals surface area contributed by atoms with Crippen LogP contribution in [0.2, 0.25) is 0 Å². The predicted octanol–water partition coefficient (Wildman–Crippen LogP) is 2.49. The van der Waals surface area contributed by atoms with Crippen LogP contribution in [0.1, 0.15) is 11.1 Å². The monoisotopic (exact) mass is 209 g/mol. The minimum Gasteiger partial charge on any atom is -0.496 e. The fourth-order valence-corrected chi connectivity index (χ4v) is 1.51. The van der Waals surface area contributed by atoms with Gasteiger partial charge in [-0.2, -0.15) is 0 Å². The predicted molar refractivity (Wildman–Crippen MR) is 58.5 cm³/mol. The summed E-state index contributed by atoms with van der Waals surface area (Å²) in [5, 5.41) is 2.61. The molecule has 4 heteroatoms. The molecule has 0 aliphatic heterocycles. The molecule has 0 aliphatic carbocycles. The van der Waals surface area contributed by atoms with E-state index in [4.69, 9.17) is 4.74 Å². The van der Waals surface area contributed by atoms with Crippen LogP contribution in [0.15, 0.2) is 12.1 Å². The average Bonchev–Trinajstić information content (AvgIpc) is 2.17. The number of carbonyl (C=O) groups excluding carboxylic acids is 1. The van der Waals surface area contributed by atoms with Gasteiger partial charge in [0.15, 0.2) is 0 Å². The van der Waals surface area contributed by atoms with Crippen LogP contribution in [0.3, 0.4) is 0 Å². The van der Waals surface area contributed by atoms with Crippen molar-refractivity contribution in [3.8, 4) is 5.75 Å². The third kappa shape index (κ3) is 2.62. The highest BCUT2D eigenvalue weighted by atomic mass is 16.5. The van der Waals surface area contributed by atoms with E-state index in [1.165, 1.54) is 7.11 Å². The van der Waals surface area contributed by atoms with Gasteiger partial charge in [0.1, 0.15) is 5.75 Å². The van der Waals surface area contributed by atoms with E-state index in [1.54, 1.807) is 7.11 Å².